The van der Waals surface area contributed by atoms with Gasteiger partial charge in [-0.2, -0.15) is 4.98 Å². The first kappa shape index (κ1) is 32.0. The molecule has 1 aliphatic carbocycles. The van der Waals surface area contributed by atoms with Gasteiger partial charge in [0.05, 0.1) is 31.9 Å². The Labute approximate surface area is 268 Å². The van der Waals surface area contributed by atoms with Crippen molar-refractivity contribution in [2.75, 3.05) is 31.8 Å². The van der Waals surface area contributed by atoms with Gasteiger partial charge in [-0.15, -0.1) is 0 Å². The van der Waals surface area contributed by atoms with Gasteiger partial charge in [-0.25, -0.2) is 24.5 Å². The second-order valence-corrected chi connectivity index (χ2v) is 16.5. The molecule has 1 saturated carbocycles. The Balaban J connectivity index is 1.22. The van der Waals surface area contributed by atoms with E-state index in [0.717, 1.165) is 0 Å². The summed E-state index contributed by atoms with van der Waals surface area (Å²) in [4.78, 5) is 46.7. The summed E-state index contributed by atoms with van der Waals surface area (Å²) in [5.74, 6) is -0.712. The summed E-state index contributed by atoms with van der Waals surface area (Å²) in [5.41, 5.74) is 11.8. The predicted molar refractivity (Wildman–Crippen MR) is 165 cm³/mol. The number of nitrogens with zero attached hydrogens (tertiary/aromatic N) is 7. The third kappa shape index (κ3) is 5.65. The number of thiol groups is 1. The van der Waals surface area contributed by atoms with Crippen LogP contribution in [0.15, 0.2) is 23.8 Å². The number of imidazole rings is 2. The van der Waals surface area contributed by atoms with Gasteiger partial charge in [0.15, 0.2) is 28.9 Å². The number of ether oxygens (including phenoxy) is 2. The molecule has 2 bridgehead atoms. The Bertz CT molecular complexity index is 1960. The van der Waals surface area contributed by atoms with Gasteiger partial charge < -0.3 is 49.1 Å². The van der Waals surface area contributed by atoms with Gasteiger partial charge in [0.2, 0.25) is 5.95 Å². The van der Waals surface area contributed by atoms with Crippen LogP contribution in [-0.2, 0) is 43.9 Å². The van der Waals surface area contributed by atoms with Gasteiger partial charge in [-0.1, -0.05) is 12.2 Å². The first-order valence-electron chi connectivity index (χ1n) is 13.7. The lowest BCUT2D eigenvalue weighted by Crippen LogP contribution is -2.37. The van der Waals surface area contributed by atoms with Crippen molar-refractivity contribution in [1.29, 1.82) is 0 Å². The van der Waals surface area contributed by atoms with Crippen molar-refractivity contribution >= 4 is 71.7 Å². The first-order valence-corrected chi connectivity index (χ1v) is 19.0. The standard InChI is InChI=1S/C22H28N10O10P2S2/c1-37-15-10-4-39-44(36,46)41-14-8(2-9(13(14)33)31-6-27-11-17(23)25-5-26-18(11)31)3-38-43(35,45)42-16(15)21(40-10)32-7-28-12-19(32)29-22(24)30-20(12)34/h5-10,13-16,21,33H,2-4H2,1H3,(H,35,45)(H,36,46)(H2,23,25,26)(H3,24,29,30,34). The average Bonchev–Trinajstić information content (AvgIpc) is 3.75. The maximum Gasteiger partial charge on any atom is 0.386 e. The molecule has 0 amide bonds. The van der Waals surface area contributed by atoms with E-state index in [2.05, 4.69) is 42.2 Å². The SMILES string of the molecule is COC1C2COP(O)(=S)OC3C(COP(=O)(S)OC1C(n1cnc4c(=O)[nH]c(N)nc41)O2)CC(n1cnc2c(N)ncnc21)C3O. The number of aromatic nitrogens is 8. The van der Waals surface area contributed by atoms with Gasteiger partial charge in [0.1, 0.15) is 42.4 Å². The van der Waals surface area contributed by atoms with Crippen LogP contribution in [0.1, 0.15) is 18.7 Å². The molecule has 2 aliphatic heterocycles. The Morgan fingerprint density at radius 3 is 2.63 bits per heavy atom. The van der Waals surface area contributed by atoms with E-state index in [1.54, 1.807) is 4.57 Å². The van der Waals surface area contributed by atoms with E-state index in [1.807, 2.05) is 0 Å². The molecule has 3 fully saturated rings. The van der Waals surface area contributed by atoms with Crippen LogP contribution in [-0.4, -0.2) is 99.9 Å². The largest absolute Gasteiger partial charge is 0.388 e. The van der Waals surface area contributed by atoms with Crippen molar-refractivity contribution in [2.24, 2.45) is 5.92 Å². The zero-order chi connectivity index (χ0) is 32.5. The topological polar surface area (TPSA) is 272 Å². The van der Waals surface area contributed by atoms with Crippen molar-refractivity contribution in [3.8, 4) is 0 Å². The summed E-state index contributed by atoms with van der Waals surface area (Å²) < 4.78 is 51.9. The van der Waals surface area contributed by atoms with E-state index in [0.29, 0.717) is 11.2 Å². The minimum atomic E-state index is -4.22. The minimum absolute atomic E-state index is 0.0376. The number of aliphatic hydroxyl groups excluding tert-OH is 1. The van der Waals surface area contributed by atoms with Gasteiger partial charge in [0, 0.05) is 13.0 Å². The molecule has 248 valence electrons. The smallest absolute Gasteiger partial charge is 0.386 e. The molecule has 20 nitrogen and oxygen atoms in total. The highest BCUT2D eigenvalue weighted by Crippen LogP contribution is 2.59. The number of anilines is 2. The van der Waals surface area contributed by atoms with Gasteiger partial charge in [-0.3, -0.25) is 18.9 Å². The summed E-state index contributed by atoms with van der Waals surface area (Å²) in [5, 5.41) is 11.4. The van der Waals surface area contributed by atoms with Crippen LogP contribution in [0, 0.1) is 5.92 Å². The van der Waals surface area contributed by atoms with Crippen molar-refractivity contribution in [1.82, 2.24) is 39.0 Å². The number of rotatable bonds is 3. The summed E-state index contributed by atoms with van der Waals surface area (Å²) >= 11 is 9.57. The van der Waals surface area contributed by atoms with E-state index < -0.39 is 67.8 Å². The molecule has 46 heavy (non-hydrogen) atoms. The fourth-order valence-electron chi connectivity index (χ4n) is 6.10. The average molecular weight is 719 g/mol. The number of aliphatic hydroxyl groups is 1. The van der Waals surface area contributed by atoms with E-state index in [9.17, 15) is 19.4 Å². The fraction of sp³-hybridized carbons (Fsp3) is 0.545. The number of nitrogens with two attached hydrogens (primary N) is 2. The highest BCUT2D eigenvalue weighted by Gasteiger charge is 2.53. The highest BCUT2D eigenvalue weighted by atomic mass is 32.7. The Morgan fingerprint density at radius 1 is 1.09 bits per heavy atom. The normalized spacial score (nSPS) is 37.1. The number of nitrogen functional groups attached to an aromatic ring is 2. The molecule has 0 spiro atoms. The fourth-order valence-corrected chi connectivity index (χ4v) is 9.08. The second-order valence-electron chi connectivity index (χ2n) is 10.8. The Hall–Kier alpha value is -2.59. The minimum Gasteiger partial charge on any atom is -0.388 e. The summed E-state index contributed by atoms with van der Waals surface area (Å²) in [6.45, 7) is -8.96. The van der Waals surface area contributed by atoms with Crippen LogP contribution in [0.3, 0.4) is 0 Å². The van der Waals surface area contributed by atoms with Crippen molar-refractivity contribution < 1.29 is 42.1 Å². The number of aromatic amines is 1. The maximum absolute atomic E-state index is 13.8. The van der Waals surface area contributed by atoms with E-state index in [4.69, 9.17) is 50.8 Å². The molecule has 10 unspecified atom stereocenters. The lowest BCUT2D eigenvalue weighted by molar-refractivity contribution is -0.0564. The number of hydrogen-bond donors (Lipinski definition) is 6. The summed E-state index contributed by atoms with van der Waals surface area (Å²) in [6.07, 6.45) is -2.55. The third-order valence-electron chi connectivity index (χ3n) is 8.13. The van der Waals surface area contributed by atoms with E-state index in [-0.39, 0.29) is 42.6 Å². The van der Waals surface area contributed by atoms with E-state index >= 15 is 0 Å². The molecule has 4 aromatic rings. The van der Waals surface area contributed by atoms with Crippen LogP contribution in [0.4, 0.5) is 11.8 Å². The molecular weight excluding hydrogens is 690 g/mol. The van der Waals surface area contributed by atoms with Crippen LogP contribution in [0.5, 0.6) is 0 Å². The number of fused-ring (bicyclic) bond motifs is 5. The van der Waals surface area contributed by atoms with Gasteiger partial charge in [-0.05, 0) is 18.2 Å². The van der Waals surface area contributed by atoms with Crippen molar-refractivity contribution in [3.63, 3.8) is 0 Å². The molecule has 0 aromatic carbocycles. The van der Waals surface area contributed by atoms with Crippen LogP contribution >= 0.6 is 25.8 Å². The molecule has 7 rings (SSSR count). The van der Waals surface area contributed by atoms with Crippen LogP contribution in [0.25, 0.3) is 22.3 Å². The van der Waals surface area contributed by atoms with Crippen LogP contribution < -0.4 is 17.0 Å². The monoisotopic (exact) mass is 718 g/mol. The molecular formula is C22H28N10O10P2S2. The molecule has 4 aromatic heterocycles. The number of H-pyrrole nitrogens is 1. The Kier molecular flexibility index (Phi) is 8.22. The first-order chi connectivity index (χ1) is 21.9. The lowest BCUT2D eigenvalue weighted by atomic mass is 10.1. The number of methoxy groups -OCH3 is 1. The molecule has 0 radical (unpaired) electrons. The molecule has 6 heterocycles. The number of nitrogens with one attached hydrogen (secondary N) is 1. The van der Waals surface area contributed by atoms with Gasteiger partial charge in [0.25, 0.3) is 5.56 Å². The zero-order valence-corrected chi connectivity index (χ0v) is 27.2. The highest BCUT2D eigenvalue weighted by molar-refractivity contribution is 8.44. The van der Waals surface area contributed by atoms with E-state index in [1.165, 1.54) is 30.7 Å². The quantitative estimate of drug-likeness (QED) is 0.120. The zero-order valence-electron chi connectivity index (χ0n) is 23.7. The maximum atomic E-state index is 13.8. The second kappa shape index (κ2) is 11.8. The van der Waals surface area contributed by atoms with Gasteiger partial charge >= 0.3 is 13.5 Å². The molecule has 3 aliphatic rings. The lowest BCUT2D eigenvalue weighted by Gasteiger charge is -2.28. The third-order valence-corrected chi connectivity index (χ3v) is 11.3. The molecule has 24 heteroatoms. The molecule has 2 saturated heterocycles. The number of hydrogen-bond acceptors (Lipinski definition) is 17. The molecule has 10 atom stereocenters. The van der Waals surface area contributed by atoms with Crippen LogP contribution in [0.2, 0.25) is 0 Å². The molecule has 7 N–H and O–H groups in total. The summed E-state index contributed by atoms with van der Waals surface area (Å²) in [7, 11) is 1.36. The van der Waals surface area contributed by atoms with Crippen molar-refractivity contribution in [2.45, 2.75) is 49.2 Å². The summed E-state index contributed by atoms with van der Waals surface area (Å²) in [6, 6.07) is -0.694. The predicted octanol–water partition coefficient (Wildman–Crippen LogP) is 0.0301. The Morgan fingerprint density at radius 2 is 1.85 bits per heavy atom. The van der Waals surface area contributed by atoms with Crippen molar-refractivity contribution in [3.05, 3.63) is 29.3 Å².